The second-order valence-corrected chi connectivity index (χ2v) is 8.47. The molecule has 0 fully saturated rings. The zero-order valence-electron chi connectivity index (χ0n) is 13.9. The van der Waals surface area contributed by atoms with Crippen LogP contribution in [-0.2, 0) is 20.2 Å². The zero-order valence-corrected chi connectivity index (χ0v) is 15.5. The summed E-state index contributed by atoms with van der Waals surface area (Å²) in [7, 11) is -10.2. The first-order valence-corrected chi connectivity index (χ1v) is 10.5. The Labute approximate surface area is 159 Å². The predicted octanol–water partition coefficient (Wildman–Crippen LogP) is 2.29. The van der Waals surface area contributed by atoms with E-state index >= 15 is 0 Å². The van der Waals surface area contributed by atoms with E-state index in [1.54, 1.807) is 18.2 Å². The SMILES string of the molecule is O=C(Nc1cc(S(=O)(=O)O)c(S(=O)(=O)O)c2cccc(O)c12)c1ccccc1. The fraction of sp³-hybridized carbons (Fsp3) is 0. The van der Waals surface area contributed by atoms with E-state index in [4.69, 9.17) is 0 Å². The second kappa shape index (κ2) is 6.87. The molecule has 0 atom stereocenters. The number of carbonyl (C=O) groups excluding carboxylic acids is 1. The Morgan fingerprint density at radius 1 is 0.857 bits per heavy atom. The van der Waals surface area contributed by atoms with E-state index in [1.165, 1.54) is 24.3 Å². The summed E-state index contributed by atoms with van der Waals surface area (Å²) >= 11 is 0. The largest absolute Gasteiger partial charge is 0.507 e. The minimum Gasteiger partial charge on any atom is -0.507 e. The minimum atomic E-state index is -5.12. The van der Waals surface area contributed by atoms with Gasteiger partial charge in [-0.05, 0) is 24.3 Å². The Balaban J connectivity index is 2.37. The van der Waals surface area contributed by atoms with Crippen molar-refractivity contribution in [2.75, 3.05) is 5.32 Å². The predicted molar refractivity (Wildman–Crippen MR) is 99.6 cm³/mol. The van der Waals surface area contributed by atoms with Crippen LogP contribution in [0.15, 0.2) is 64.4 Å². The number of benzene rings is 3. The molecular weight excluding hydrogens is 410 g/mol. The quantitative estimate of drug-likeness (QED) is 0.465. The molecule has 9 nitrogen and oxygen atoms in total. The number of hydrogen-bond acceptors (Lipinski definition) is 6. The number of aromatic hydroxyl groups is 1. The Hall–Kier alpha value is -2.99. The summed E-state index contributed by atoms with van der Waals surface area (Å²) in [6.45, 7) is 0. The van der Waals surface area contributed by atoms with Gasteiger partial charge in [-0.15, -0.1) is 0 Å². The summed E-state index contributed by atoms with van der Waals surface area (Å²) in [5, 5.41) is 11.9. The van der Waals surface area contributed by atoms with Crippen LogP contribution in [-0.4, -0.2) is 37.0 Å². The van der Waals surface area contributed by atoms with E-state index in [1.807, 2.05) is 0 Å². The van der Waals surface area contributed by atoms with Gasteiger partial charge in [-0.1, -0.05) is 30.3 Å². The topological polar surface area (TPSA) is 158 Å². The molecule has 28 heavy (non-hydrogen) atoms. The van der Waals surface area contributed by atoms with Crippen LogP contribution in [0.4, 0.5) is 5.69 Å². The average Bonchev–Trinajstić information content (AvgIpc) is 2.60. The maximum atomic E-state index is 12.4. The maximum Gasteiger partial charge on any atom is 0.296 e. The van der Waals surface area contributed by atoms with E-state index in [0.717, 1.165) is 6.07 Å². The molecular formula is C17H13NO8S2. The number of phenolic OH excluding ortho intramolecular Hbond substituents is 1. The highest BCUT2D eigenvalue weighted by atomic mass is 32.2. The molecule has 0 aliphatic rings. The van der Waals surface area contributed by atoms with Crippen molar-refractivity contribution in [2.45, 2.75) is 9.79 Å². The first-order valence-electron chi connectivity index (χ1n) is 7.60. The van der Waals surface area contributed by atoms with Gasteiger partial charge in [0, 0.05) is 16.3 Å². The van der Waals surface area contributed by atoms with Gasteiger partial charge in [0.2, 0.25) is 0 Å². The van der Waals surface area contributed by atoms with Gasteiger partial charge in [0.25, 0.3) is 26.1 Å². The molecule has 0 bridgehead atoms. The van der Waals surface area contributed by atoms with E-state index in [0.29, 0.717) is 6.07 Å². The third-order valence-electron chi connectivity index (χ3n) is 3.88. The molecule has 4 N–H and O–H groups in total. The van der Waals surface area contributed by atoms with Gasteiger partial charge in [0.15, 0.2) is 0 Å². The van der Waals surface area contributed by atoms with Crippen LogP contribution in [0.25, 0.3) is 10.8 Å². The monoisotopic (exact) mass is 423 g/mol. The second-order valence-electron chi connectivity index (χ2n) is 5.72. The van der Waals surface area contributed by atoms with Crippen LogP contribution in [0.3, 0.4) is 0 Å². The Bertz CT molecular complexity index is 1300. The van der Waals surface area contributed by atoms with Crippen molar-refractivity contribution in [3.8, 4) is 5.75 Å². The third-order valence-corrected chi connectivity index (χ3v) is 5.84. The summed E-state index contributed by atoms with van der Waals surface area (Å²) in [6.07, 6.45) is 0. The molecule has 3 rings (SSSR count). The molecule has 11 heteroatoms. The van der Waals surface area contributed by atoms with Crippen molar-refractivity contribution in [3.63, 3.8) is 0 Å². The highest BCUT2D eigenvalue weighted by molar-refractivity contribution is 7.89. The lowest BCUT2D eigenvalue weighted by atomic mass is 10.1. The first kappa shape index (κ1) is 19.8. The standard InChI is InChI=1S/C17H13NO8S2/c19-13-8-4-7-11-15(13)12(18-17(20)10-5-2-1-3-6-10)9-14(27(21,22)23)16(11)28(24,25)26/h1-9,19H,(H,18,20)(H,21,22,23)(H,24,25,26). The Kier molecular flexibility index (Phi) is 4.85. The fourth-order valence-corrected chi connectivity index (χ4v) is 4.76. The van der Waals surface area contributed by atoms with Crippen LogP contribution in [0.2, 0.25) is 0 Å². The number of rotatable bonds is 4. The summed E-state index contributed by atoms with van der Waals surface area (Å²) in [5.74, 6) is -1.15. The zero-order chi connectivity index (χ0) is 20.7. The lowest BCUT2D eigenvalue weighted by Gasteiger charge is -2.15. The number of nitrogens with one attached hydrogen (secondary N) is 1. The summed E-state index contributed by atoms with van der Waals surface area (Å²) in [6, 6.07) is 12.0. The summed E-state index contributed by atoms with van der Waals surface area (Å²) in [5.41, 5.74) is -0.0692. The molecule has 0 unspecified atom stereocenters. The number of phenols is 1. The van der Waals surface area contributed by atoms with Crippen molar-refractivity contribution in [1.29, 1.82) is 0 Å². The lowest BCUT2D eigenvalue weighted by Crippen LogP contribution is -2.15. The molecule has 0 heterocycles. The van der Waals surface area contributed by atoms with Crippen LogP contribution in [0, 0.1) is 0 Å². The minimum absolute atomic E-state index is 0.207. The number of anilines is 1. The Morgan fingerprint density at radius 2 is 1.50 bits per heavy atom. The van der Waals surface area contributed by atoms with Crippen LogP contribution >= 0.6 is 0 Å². The molecule has 0 radical (unpaired) electrons. The fourth-order valence-electron chi connectivity index (χ4n) is 2.75. The molecule has 0 aromatic heterocycles. The molecule has 3 aromatic rings. The van der Waals surface area contributed by atoms with Crippen LogP contribution in [0.1, 0.15) is 10.4 Å². The van der Waals surface area contributed by atoms with Gasteiger partial charge >= 0.3 is 0 Å². The van der Waals surface area contributed by atoms with Crippen molar-refractivity contribution in [3.05, 3.63) is 60.2 Å². The summed E-state index contributed by atoms with van der Waals surface area (Å²) in [4.78, 5) is 10.2. The van der Waals surface area contributed by atoms with Crippen LogP contribution in [0.5, 0.6) is 5.75 Å². The molecule has 0 aliphatic heterocycles. The van der Waals surface area contributed by atoms with Crippen LogP contribution < -0.4 is 5.32 Å². The number of carbonyl (C=O) groups is 1. The molecule has 0 saturated heterocycles. The number of hydrogen-bond donors (Lipinski definition) is 4. The van der Waals surface area contributed by atoms with Crippen molar-refractivity contribution in [1.82, 2.24) is 0 Å². The van der Waals surface area contributed by atoms with Gasteiger partial charge in [-0.2, -0.15) is 16.8 Å². The van der Waals surface area contributed by atoms with Gasteiger partial charge in [0.1, 0.15) is 15.5 Å². The molecule has 146 valence electrons. The van der Waals surface area contributed by atoms with Crippen molar-refractivity contribution in [2.24, 2.45) is 0 Å². The first-order chi connectivity index (χ1) is 13.0. The number of fused-ring (bicyclic) bond motifs is 1. The van der Waals surface area contributed by atoms with Crippen molar-refractivity contribution < 1.29 is 35.8 Å². The highest BCUT2D eigenvalue weighted by Crippen LogP contribution is 2.39. The lowest BCUT2D eigenvalue weighted by molar-refractivity contribution is 0.102. The van der Waals surface area contributed by atoms with E-state index < -0.39 is 47.1 Å². The van der Waals surface area contributed by atoms with Gasteiger partial charge < -0.3 is 10.4 Å². The third kappa shape index (κ3) is 3.68. The van der Waals surface area contributed by atoms with E-state index in [9.17, 15) is 35.8 Å². The van der Waals surface area contributed by atoms with Crippen molar-refractivity contribution >= 4 is 42.6 Å². The summed E-state index contributed by atoms with van der Waals surface area (Å²) < 4.78 is 66.0. The molecule has 0 spiro atoms. The van der Waals surface area contributed by atoms with Gasteiger partial charge in [-0.25, -0.2) is 0 Å². The average molecular weight is 423 g/mol. The van der Waals surface area contributed by atoms with E-state index in [2.05, 4.69) is 5.32 Å². The molecule has 0 aliphatic carbocycles. The molecule has 1 amide bonds. The smallest absolute Gasteiger partial charge is 0.296 e. The molecule has 3 aromatic carbocycles. The number of amides is 1. The molecule has 0 saturated carbocycles. The Morgan fingerprint density at radius 3 is 2.07 bits per heavy atom. The van der Waals surface area contributed by atoms with Gasteiger partial charge in [-0.3, -0.25) is 13.9 Å². The maximum absolute atomic E-state index is 12.4. The van der Waals surface area contributed by atoms with Gasteiger partial charge in [0.05, 0.1) is 5.69 Å². The van der Waals surface area contributed by atoms with E-state index in [-0.39, 0.29) is 16.6 Å². The highest BCUT2D eigenvalue weighted by Gasteiger charge is 2.29. The normalized spacial score (nSPS) is 12.1.